The molecule has 0 spiro atoms. The van der Waals surface area contributed by atoms with Crippen LogP contribution in [0.3, 0.4) is 0 Å². The summed E-state index contributed by atoms with van der Waals surface area (Å²) < 4.78 is 2.92. The molecule has 0 radical (unpaired) electrons. The van der Waals surface area contributed by atoms with E-state index in [4.69, 9.17) is 0 Å². The van der Waals surface area contributed by atoms with Crippen molar-refractivity contribution in [1.82, 2.24) is 20.0 Å². The predicted molar refractivity (Wildman–Crippen MR) is 121 cm³/mol. The lowest BCUT2D eigenvalue weighted by atomic mass is 10.3. The quantitative estimate of drug-likeness (QED) is 0.262. The molecule has 1 N–H and O–H groups in total. The normalized spacial score (nSPS) is 12.4. The molecule has 0 saturated carbocycles. The molecular formula is C17H25BrIN5S. The molecule has 1 unspecified atom stereocenters. The van der Waals surface area contributed by atoms with Gasteiger partial charge in [0.05, 0.1) is 6.20 Å². The molecule has 5 nitrogen and oxygen atoms in total. The number of rotatable bonds is 6. The molecule has 0 aliphatic heterocycles. The van der Waals surface area contributed by atoms with Crippen LogP contribution in [0.2, 0.25) is 0 Å². The van der Waals surface area contributed by atoms with Crippen molar-refractivity contribution < 1.29 is 0 Å². The third-order valence-electron chi connectivity index (χ3n) is 3.45. The van der Waals surface area contributed by atoms with Gasteiger partial charge < -0.3 is 10.2 Å². The maximum absolute atomic E-state index is 4.37. The Kier molecular flexibility index (Phi) is 9.88. The lowest BCUT2D eigenvalue weighted by Crippen LogP contribution is -2.40. The monoisotopic (exact) mass is 537 g/mol. The van der Waals surface area contributed by atoms with Crippen LogP contribution in [-0.2, 0) is 13.6 Å². The Bertz CT molecular complexity index is 674. The number of guanidine groups is 1. The van der Waals surface area contributed by atoms with Crippen LogP contribution in [0.15, 0.2) is 51.0 Å². The zero-order valence-electron chi connectivity index (χ0n) is 14.9. The van der Waals surface area contributed by atoms with E-state index in [9.17, 15) is 0 Å². The van der Waals surface area contributed by atoms with Crippen LogP contribution in [0.25, 0.3) is 0 Å². The highest BCUT2D eigenvalue weighted by molar-refractivity contribution is 14.0. The first-order valence-electron chi connectivity index (χ1n) is 7.79. The summed E-state index contributed by atoms with van der Waals surface area (Å²) in [7, 11) is 5.78. The Morgan fingerprint density at radius 1 is 1.40 bits per heavy atom. The van der Waals surface area contributed by atoms with Crippen molar-refractivity contribution in [2.45, 2.75) is 23.6 Å². The number of halogens is 2. The molecule has 0 saturated heterocycles. The summed E-state index contributed by atoms with van der Waals surface area (Å²) in [5.74, 6) is 0.891. The molecular weight excluding hydrogens is 513 g/mol. The largest absolute Gasteiger partial charge is 0.355 e. The first kappa shape index (κ1) is 22.3. The first-order chi connectivity index (χ1) is 11.5. The molecule has 2 rings (SSSR count). The van der Waals surface area contributed by atoms with E-state index in [0.717, 1.165) is 23.5 Å². The number of hydrogen-bond donors (Lipinski definition) is 1. The number of aliphatic imine (C=N–C) groups is 1. The maximum atomic E-state index is 4.37. The van der Waals surface area contributed by atoms with Crippen LogP contribution in [0.1, 0.15) is 12.5 Å². The lowest BCUT2D eigenvalue weighted by Gasteiger charge is -2.23. The molecule has 1 atom stereocenters. The molecule has 1 aromatic heterocycles. The van der Waals surface area contributed by atoms with Crippen molar-refractivity contribution in [1.29, 1.82) is 0 Å². The second kappa shape index (κ2) is 11.1. The fraction of sp³-hybridized carbons (Fsp3) is 0.412. The van der Waals surface area contributed by atoms with Gasteiger partial charge in [0.2, 0.25) is 0 Å². The number of benzene rings is 1. The number of nitrogens with one attached hydrogen (secondary N) is 1. The minimum atomic E-state index is 0. The average Bonchev–Trinajstić information content (AvgIpc) is 2.95. The van der Waals surface area contributed by atoms with Crippen molar-refractivity contribution in [3.63, 3.8) is 0 Å². The van der Waals surface area contributed by atoms with Gasteiger partial charge in [0.25, 0.3) is 0 Å². The Labute approximate surface area is 179 Å². The van der Waals surface area contributed by atoms with E-state index in [1.807, 2.05) is 50.0 Å². The molecule has 1 aromatic carbocycles. The summed E-state index contributed by atoms with van der Waals surface area (Å²) in [6.07, 6.45) is 3.91. The van der Waals surface area contributed by atoms with E-state index in [1.54, 1.807) is 0 Å². The number of thioether (sulfide) groups is 1. The third kappa shape index (κ3) is 7.57. The van der Waals surface area contributed by atoms with Gasteiger partial charge >= 0.3 is 0 Å². The van der Waals surface area contributed by atoms with Gasteiger partial charge in [-0.25, -0.2) is 0 Å². The molecule has 1 heterocycles. The van der Waals surface area contributed by atoms with Gasteiger partial charge in [-0.15, -0.1) is 35.7 Å². The molecule has 0 fully saturated rings. The van der Waals surface area contributed by atoms with Gasteiger partial charge in [0.1, 0.15) is 0 Å². The van der Waals surface area contributed by atoms with E-state index in [0.29, 0.717) is 5.25 Å². The Morgan fingerprint density at radius 2 is 2.08 bits per heavy atom. The highest BCUT2D eigenvalue weighted by Crippen LogP contribution is 2.24. The predicted octanol–water partition coefficient (Wildman–Crippen LogP) is 3.99. The van der Waals surface area contributed by atoms with Crippen LogP contribution in [0, 0.1) is 0 Å². The summed E-state index contributed by atoms with van der Waals surface area (Å²) in [5, 5.41) is 8.09. The van der Waals surface area contributed by atoms with Crippen LogP contribution in [0.4, 0.5) is 0 Å². The third-order valence-corrected chi connectivity index (χ3v) is 5.09. The molecule has 2 aromatic rings. The molecule has 0 aliphatic rings. The Hall–Kier alpha value is -0.740. The number of aryl methyl sites for hydroxylation is 1. The molecule has 138 valence electrons. The topological polar surface area (TPSA) is 45.5 Å². The van der Waals surface area contributed by atoms with E-state index in [1.165, 1.54) is 10.5 Å². The number of hydrogen-bond acceptors (Lipinski definition) is 3. The molecule has 8 heteroatoms. The smallest absolute Gasteiger partial charge is 0.193 e. The SMILES string of the molecule is CN=C(NCC(C)Sc1ccc(Br)cc1)N(C)Cc1cnn(C)c1.I. The van der Waals surface area contributed by atoms with E-state index in [2.05, 4.69) is 67.4 Å². The molecule has 0 amide bonds. The van der Waals surface area contributed by atoms with Gasteiger partial charge in [0.15, 0.2) is 5.96 Å². The number of aromatic nitrogens is 2. The highest BCUT2D eigenvalue weighted by atomic mass is 127. The maximum Gasteiger partial charge on any atom is 0.193 e. The summed E-state index contributed by atoms with van der Waals surface area (Å²) in [6.45, 7) is 3.85. The van der Waals surface area contributed by atoms with Gasteiger partial charge in [0, 0.05) is 60.6 Å². The fourth-order valence-corrected chi connectivity index (χ4v) is 3.50. The van der Waals surface area contributed by atoms with Crippen molar-refractivity contribution in [3.05, 3.63) is 46.7 Å². The van der Waals surface area contributed by atoms with Crippen molar-refractivity contribution in [2.75, 3.05) is 20.6 Å². The van der Waals surface area contributed by atoms with Gasteiger partial charge in [-0.2, -0.15) is 5.10 Å². The van der Waals surface area contributed by atoms with Crippen molar-refractivity contribution >= 4 is 57.6 Å². The highest BCUT2D eigenvalue weighted by Gasteiger charge is 2.10. The van der Waals surface area contributed by atoms with Crippen LogP contribution < -0.4 is 5.32 Å². The van der Waals surface area contributed by atoms with E-state index >= 15 is 0 Å². The van der Waals surface area contributed by atoms with Crippen LogP contribution in [-0.4, -0.2) is 46.5 Å². The van der Waals surface area contributed by atoms with Crippen molar-refractivity contribution in [3.8, 4) is 0 Å². The summed E-state index contributed by atoms with van der Waals surface area (Å²) in [4.78, 5) is 7.75. The minimum absolute atomic E-state index is 0. The van der Waals surface area contributed by atoms with Crippen molar-refractivity contribution in [2.24, 2.45) is 12.0 Å². The standard InChI is InChI=1S/C17H24BrN5S.HI/c1-13(24-16-7-5-15(18)6-8-16)9-20-17(19-2)22(3)11-14-10-21-23(4)12-14;/h5-8,10,12-13H,9,11H2,1-4H3,(H,19,20);1H. The number of nitrogens with zero attached hydrogens (tertiary/aromatic N) is 4. The van der Waals surface area contributed by atoms with Gasteiger partial charge in [-0.05, 0) is 24.3 Å². The molecule has 0 bridgehead atoms. The second-order valence-corrected chi connectivity index (χ2v) is 8.12. The lowest BCUT2D eigenvalue weighted by molar-refractivity contribution is 0.477. The molecule has 0 aliphatic carbocycles. The zero-order chi connectivity index (χ0) is 17.5. The van der Waals surface area contributed by atoms with Crippen LogP contribution in [0.5, 0.6) is 0 Å². The second-order valence-electron chi connectivity index (χ2n) is 5.69. The van der Waals surface area contributed by atoms with E-state index in [-0.39, 0.29) is 24.0 Å². The Morgan fingerprint density at radius 3 is 2.64 bits per heavy atom. The fourth-order valence-electron chi connectivity index (χ4n) is 2.31. The summed E-state index contributed by atoms with van der Waals surface area (Å²) in [5.41, 5.74) is 1.17. The zero-order valence-corrected chi connectivity index (χ0v) is 19.7. The first-order valence-corrected chi connectivity index (χ1v) is 9.46. The Balaban J connectivity index is 0.00000312. The minimum Gasteiger partial charge on any atom is -0.355 e. The van der Waals surface area contributed by atoms with Gasteiger partial charge in [-0.3, -0.25) is 9.67 Å². The van der Waals surface area contributed by atoms with Crippen LogP contribution >= 0.6 is 51.7 Å². The van der Waals surface area contributed by atoms with E-state index < -0.39 is 0 Å². The van der Waals surface area contributed by atoms with Gasteiger partial charge in [-0.1, -0.05) is 22.9 Å². The summed E-state index contributed by atoms with van der Waals surface area (Å²) >= 11 is 5.32. The summed E-state index contributed by atoms with van der Waals surface area (Å²) in [6, 6.07) is 8.41. The average molecular weight is 538 g/mol. The molecule has 25 heavy (non-hydrogen) atoms.